The molecule has 0 aliphatic carbocycles. The lowest BCUT2D eigenvalue weighted by Crippen LogP contribution is -2.38. The number of carbonyl (C=O) groups excluding carboxylic acids is 1. The summed E-state index contributed by atoms with van der Waals surface area (Å²) in [7, 11) is 0. The van der Waals surface area contributed by atoms with E-state index >= 15 is 0 Å². The number of ether oxygens (including phenoxy) is 1. The Kier molecular flexibility index (Phi) is 4.79. The number of hydrogen-bond donors (Lipinski definition) is 0. The third kappa shape index (κ3) is 4.63. The highest BCUT2D eigenvalue weighted by Gasteiger charge is 2.26. The van der Waals surface area contributed by atoms with Crippen molar-refractivity contribution in [2.24, 2.45) is 0 Å². The molecule has 3 nitrogen and oxygen atoms in total. The van der Waals surface area contributed by atoms with E-state index in [0.717, 1.165) is 31.5 Å². The van der Waals surface area contributed by atoms with E-state index in [1.165, 1.54) is 0 Å². The highest BCUT2D eigenvalue weighted by atomic mass is 16.6. The van der Waals surface area contributed by atoms with E-state index in [2.05, 4.69) is 0 Å². The molecule has 1 rings (SSSR count). The van der Waals surface area contributed by atoms with Gasteiger partial charge in [-0.3, -0.25) is 4.90 Å². The van der Waals surface area contributed by atoms with Gasteiger partial charge in [-0.15, -0.1) is 0 Å². The lowest BCUT2D eigenvalue weighted by atomic mass is 10.1. The first-order valence-corrected chi connectivity index (χ1v) is 6.26. The summed E-state index contributed by atoms with van der Waals surface area (Å²) in [4.78, 5) is 13.8. The first-order chi connectivity index (χ1) is 7.94. The number of rotatable bonds is 1. The lowest BCUT2D eigenvalue weighted by molar-refractivity contribution is 0.0286. The molecule has 0 radical (unpaired) electrons. The molecule has 96 valence electrons. The van der Waals surface area contributed by atoms with Crippen LogP contribution in [-0.2, 0) is 4.74 Å². The van der Waals surface area contributed by atoms with Crippen LogP contribution in [0, 0.1) is 0 Å². The molecule has 1 amide bonds. The fraction of sp³-hybridized carbons (Fsp3) is 0.643. The summed E-state index contributed by atoms with van der Waals surface area (Å²) in [5.74, 6) is 0. The molecular weight excluding hydrogens is 214 g/mol. The molecule has 0 aromatic carbocycles. The van der Waals surface area contributed by atoms with Crippen molar-refractivity contribution >= 4 is 6.09 Å². The second-order valence-electron chi connectivity index (χ2n) is 5.27. The van der Waals surface area contributed by atoms with Gasteiger partial charge in [0.15, 0.2) is 0 Å². The number of amides is 1. The average Bonchev–Trinajstić information content (AvgIpc) is 2.24. The zero-order valence-corrected chi connectivity index (χ0v) is 11.3. The molecule has 1 fully saturated rings. The molecule has 17 heavy (non-hydrogen) atoms. The summed E-state index contributed by atoms with van der Waals surface area (Å²) in [6.07, 6.45) is 8.85. The molecule has 1 heterocycles. The third-order valence-corrected chi connectivity index (χ3v) is 2.51. The van der Waals surface area contributed by atoms with E-state index in [-0.39, 0.29) is 6.09 Å². The maximum absolute atomic E-state index is 12.0. The molecule has 0 N–H and O–H groups in total. The van der Waals surface area contributed by atoms with Crippen LogP contribution in [0.3, 0.4) is 0 Å². The van der Waals surface area contributed by atoms with E-state index in [1.54, 1.807) is 4.90 Å². The Morgan fingerprint density at radius 1 is 1.35 bits per heavy atom. The van der Waals surface area contributed by atoms with Crippen LogP contribution in [0.2, 0.25) is 0 Å². The monoisotopic (exact) mass is 237 g/mol. The Morgan fingerprint density at radius 3 is 2.65 bits per heavy atom. The van der Waals surface area contributed by atoms with Gasteiger partial charge in [0.2, 0.25) is 0 Å². The number of hydrogen-bond acceptors (Lipinski definition) is 2. The van der Waals surface area contributed by atoms with Gasteiger partial charge in [0.25, 0.3) is 0 Å². The van der Waals surface area contributed by atoms with E-state index in [9.17, 15) is 4.79 Å². The summed E-state index contributed by atoms with van der Waals surface area (Å²) in [5.41, 5.74) is 0.629. The van der Waals surface area contributed by atoms with Gasteiger partial charge < -0.3 is 4.74 Å². The molecule has 3 heteroatoms. The number of carbonyl (C=O) groups is 1. The largest absolute Gasteiger partial charge is 0.443 e. The normalized spacial score (nSPS) is 20.0. The molecule has 1 aliphatic heterocycles. The summed E-state index contributed by atoms with van der Waals surface area (Å²) in [6.45, 7) is 8.41. The molecule has 0 unspecified atom stereocenters. The van der Waals surface area contributed by atoms with Crippen LogP contribution in [0.15, 0.2) is 23.9 Å². The fourth-order valence-electron chi connectivity index (χ4n) is 1.76. The summed E-state index contributed by atoms with van der Waals surface area (Å²) < 4.78 is 5.41. The zero-order valence-electron chi connectivity index (χ0n) is 11.3. The Labute approximate surface area is 104 Å². The Bertz CT molecular complexity index is 324. The van der Waals surface area contributed by atoms with Crippen molar-refractivity contribution in [3.63, 3.8) is 0 Å². The highest BCUT2D eigenvalue weighted by molar-refractivity contribution is 5.70. The van der Waals surface area contributed by atoms with Crippen molar-refractivity contribution < 1.29 is 9.53 Å². The van der Waals surface area contributed by atoms with Crippen molar-refractivity contribution in [1.29, 1.82) is 0 Å². The summed E-state index contributed by atoms with van der Waals surface area (Å²) in [6, 6.07) is 0. The SMILES string of the molecule is C/C=C/C=C1/CCCCN1C(=O)OC(C)(C)C. The topological polar surface area (TPSA) is 29.5 Å². The van der Waals surface area contributed by atoms with E-state index < -0.39 is 5.60 Å². The Morgan fingerprint density at radius 2 is 2.06 bits per heavy atom. The average molecular weight is 237 g/mol. The maximum atomic E-state index is 12.0. The van der Waals surface area contributed by atoms with Gasteiger partial charge >= 0.3 is 6.09 Å². The predicted molar refractivity (Wildman–Crippen MR) is 69.7 cm³/mol. The number of nitrogens with zero attached hydrogens (tertiary/aromatic N) is 1. The molecule has 1 aliphatic rings. The lowest BCUT2D eigenvalue weighted by Gasteiger charge is -2.31. The van der Waals surface area contributed by atoms with Gasteiger partial charge in [-0.25, -0.2) is 4.79 Å². The second kappa shape index (κ2) is 5.89. The smallest absolute Gasteiger partial charge is 0.414 e. The van der Waals surface area contributed by atoms with Crippen LogP contribution in [0.25, 0.3) is 0 Å². The molecule has 0 atom stereocenters. The van der Waals surface area contributed by atoms with Gasteiger partial charge in [0.05, 0.1) is 0 Å². The van der Waals surface area contributed by atoms with Crippen molar-refractivity contribution in [2.45, 2.75) is 52.6 Å². The molecule has 0 saturated carbocycles. The molecule has 0 aromatic rings. The van der Waals surface area contributed by atoms with Crippen LogP contribution in [-0.4, -0.2) is 23.1 Å². The summed E-state index contributed by atoms with van der Waals surface area (Å²) >= 11 is 0. The van der Waals surface area contributed by atoms with Crippen molar-refractivity contribution in [1.82, 2.24) is 4.90 Å². The van der Waals surface area contributed by atoms with Gasteiger partial charge in [-0.05, 0) is 53.0 Å². The highest BCUT2D eigenvalue weighted by Crippen LogP contribution is 2.23. The number of allylic oxidation sites excluding steroid dienone is 4. The van der Waals surface area contributed by atoms with E-state index in [4.69, 9.17) is 4.74 Å². The second-order valence-corrected chi connectivity index (χ2v) is 5.27. The van der Waals surface area contributed by atoms with Gasteiger partial charge in [0, 0.05) is 12.2 Å². The molecular formula is C14H23NO2. The Balaban J connectivity index is 2.74. The minimum Gasteiger partial charge on any atom is -0.443 e. The van der Waals surface area contributed by atoms with Crippen LogP contribution in [0.1, 0.15) is 47.0 Å². The number of piperidine rings is 1. The van der Waals surface area contributed by atoms with Gasteiger partial charge in [-0.2, -0.15) is 0 Å². The first kappa shape index (κ1) is 13.8. The minimum atomic E-state index is -0.430. The van der Waals surface area contributed by atoms with Gasteiger partial charge in [-0.1, -0.05) is 12.2 Å². The van der Waals surface area contributed by atoms with Crippen LogP contribution in [0.5, 0.6) is 0 Å². The van der Waals surface area contributed by atoms with E-state index in [1.807, 2.05) is 45.9 Å². The summed E-state index contributed by atoms with van der Waals surface area (Å²) in [5, 5.41) is 0. The van der Waals surface area contributed by atoms with Crippen LogP contribution < -0.4 is 0 Å². The molecule has 0 aromatic heterocycles. The van der Waals surface area contributed by atoms with Crippen molar-refractivity contribution in [2.75, 3.05) is 6.54 Å². The zero-order chi connectivity index (χ0) is 12.9. The molecule has 1 saturated heterocycles. The van der Waals surface area contributed by atoms with Crippen molar-refractivity contribution in [3.8, 4) is 0 Å². The Hall–Kier alpha value is -1.25. The molecule has 0 spiro atoms. The quantitative estimate of drug-likeness (QED) is 0.693. The predicted octanol–water partition coefficient (Wildman–Crippen LogP) is 3.87. The van der Waals surface area contributed by atoms with Crippen molar-refractivity contribution in [3.05, 3.63) is 23.9 Å². The number of likely N-dealkylation sites (tertiary alicyclic amines) is 1. The standard InChI is InChI=1S/C14H23NO2/c1-5-6-9-12-10-7-8-11-15(12)13(16)17-14(2,3)4/h5-6,9H,7-8,10-11H2,1-4H3/b6-5+,12-9-. The fourth-order valence-corrected chi connectivity index (χ4v) is 1.76. The maximum Gasteiger partial charge on any atom is 0.414 e. The third-order valence-electron chi connectivity index (χ3n) is 2.51. The first-order valence-electron chi connectivity index (χ1n) is 6.26. The molecule has 0 bridgehead atoms. The van der Waals surface area contributed by atoms with E-state index in [0.29, 0.717) is 0 Å². The van der Waals surface area contributed by atoms with Crippen LogP contribution >= 0.6 is 0 Å². The van der Waals surface area contributed by atoms with Crippen LogP contribution in [0.4, 0.5) is 4.79 Å². The van der Waals surface area contributed by atoms with Gasteiger partial charge in [0.1, 0.15) is 5.60 Å². The minimum absolute atomic E-state index is 0.229.